The molecule has 1 aliphatic carbocycles. The highest BCUT2D eigenvalue weighted by Crippen LogP contribution is 2.46. The zero-order valence-corrected chi connectivity index (χ0v) is 16.0. The second-order valence-corrected chi connectivity index (χ2v) is 8.56. The number of hydrogen-bond acceptors (Lipinski definition) is 5. The molecule has 1 N–H and O–H groups in total. The Labute approximate surface area is 163 Å². The molecule has 144 valence electrons. The van der Waals surface area contributed by atoms with Gasteiger partial charge in [0.15, 0.2) is 5.65 Å². The van der Waals surface area contributed by atoms with Crippen LogP contribution in [-0.4, -0.2) is 30.8 Å². The Kier molecular flexibility index (Phi) is 3.79. The Morgan fingerprint density at radius 2 is 1.89 bits per heavy atom. The summed E-state index contributed by atoms with van der Waals surface area (Å²) in [4.78, 5) is 10.6. The largest absolute Gasteiger partial charge is 0.384 e. The maximum atomic E-state index is 13.5. The van der Waals surface area contributed by atoms with Gasteiger partial charge in [-0.25, -0.2) is 18.7 Å². The summed E-state index contributed by atoms with van der Waals surface area (Å²) >= 11 is 1.38. The van der Waals surface area contributed by atoms with E-state index in [-0.39, 0.29) is 25.7 Å². The maximum absolute atomic E-state index is 13.5. The average Bonchev–Trinajstić information content (AvgIpc) is 3.25. The molecule has 1 saturated carbocycles. The molecule has 28 heavy (non-hydrogen) atoms. The van der Waals surface area contributed by atoms with E-state index < -0.39 is 11.5 Å². The highest BCUT2D eigenvalue weighted by atomic mass is 32.1. The Morgan fingerprint density at radius 1 is 1.11 bits per heavy atom. The molecule has 1 aliphatic rings. The van der Waals surface area contributed by atoms with E-state index in [4.69, 9.17) is 4.98 Å². The summed E-state index contributed by atoms with van der Waals surface area (Å²) in [6.07, 6.45) is 3.22. The van der Waals surface area contributed by atoms with Gasteiger partial charge in [0, 0.05) is 53.5 Å². The molecule has 5 nitrogen and oxygen atoms in total. The third-order valence-electron chi connectivity index (χ3n) is 5.42. The topological polar surface area (TPSA) is 63.8 Å². The van der Waals surface area contributed by atoms with Gasteiger partial charge in [0.1, 0.15) is 4.83 Å². The fraction of sp³-hybridized carbons (Fsp3) is 0.350. The van der Waals surface area contributed by atoms with E-state index in [1.54, 1.807) is 10.9 Å². The number of fused-ring (bicyclic) bond motifs is 2. The summed E-state index contributed by atoms with van der Waals surface area (Å²) in [6.45, 7) is 0. The highest BCUT2D eigenvalue weighted by Gasteiger charge is 2.44. The van der Waals surface area contributed by atoms with Crippen molar-refractivity contribution in [1.82, 2.24) is 19.7 Å². The SMILES string of the molecule is Cn1cc2cc(-c3ccc4cc(C5(O)CCC(F)(F)CC5)sc4n3)cnc2n1. The predicted molar refractivity (Wildman–Crippen MR) is 104 cm³/mol. The molecule has 0 bridgehead atoms. The van der Waals surface area contributed by atoms with Crippen LogP contribution in [-0.2, 0) is 12.6 Å². The zero-order chi connectivity index (χ0) is 19.5. The van der Waals surface area contributed by atoms with Gasteiger partial charge in [-0.2, -0.15) is 5.10 Å². The van der Waals surface area contributed by atoms with Crippen LogP contribution < -0.4 is 0 Å². The van der Waals surface area contributed by atoms with Crippen molar-refractivity contribution in [3.63, 3.8) is 0 Å². The molecule has 0 amide bonds. The lowest BCUT2D eigenvalue weighted by atomic mass is 9.82. The maximum Gasteiger partial charge on any atom is 0.248 e. The lowest BCUT2D eigenvalue weighted by Gasteiger charge is -2.35. The van der Waals surface area contributed by atoms with Gasteiger partial charge in [-0.05, 0) is 37.1 Å². The van der Waals surface area contributed by atoms with Gasteiger partial charge in [0.25, 0.3) is 0 Å². The molecule has 0 aliphatic heterocycles. The number of aliphatic hydroxyl groups is 1. The molecule has 0 unspecified atom stereocenters. The second-order valence-electron chi connectivity index (χ2n) is 7.53. The minimum atomic E-state index is -2.67. The molecule has 0 radical (unpaired) electrons. The monoisotopic (exact) mass is 400 g/mol. The summed E-state index contributed by atoms with van der Waals surface area (Å²) in [5, 5.41) is 17.0. The number of alkyl halides is 2. The van der Waals surface area contributed by atoms with Gasteiger partial charge < -0.3 is 5.11 Å². The third kappa shape index (κ3) is 2.97. The normalized spacial score (nSPS) is 18.7. The number of thiophene rings is 1. The second kappa shape index (κ2) is 6.02. The van der Waals surface area contributed by atoms with E-state index >= 15 is 0 Å². The summed E-state index contributed by atoms with van der Waals surface area (Å²) in [7, 11) is 1.85. The first-order chi connectivity index (χ1) is 13.3. The first-order valence-electron chi connectivity index (χ1n) is 9.12. The molecule has 8 heteroatoms. The van der Waals surface area contributed by atoms with Crippen LogP contribution in [0.25, 0.3) is 32.5 Å². The molecule has 0 atom stereocenters. The quantitative estimate of drug-likeness (QED) is 0.532. The number of aromatic nitrogens is 4. The third-order valence-corrected chi connectivity index (χ3v) is 6.66. The minimum absolute atomic E-state index is 0.0707. The van der Waals surface area contributed by atoms with E-state index in [0.717, 1.165) is 26.9 Å². The van der Waals surface area contributed by atoms with Crippen LogP contribution in [0.2, 0.25) is 0 Å². The first kappa shape index (κ1) is 17.6. The highest BCUT2D eigenvalue weighted by molar-refractivity contribution is 7.18. The number of pyridine rings is 2. The van der Waals surface area contributed by atoms with Crippen LogP contribution in [0.5, 0.6) is 0 Å². The molecule has 4 aromatic rings. The first-order valence-corrected chi connectivity index (χ1v) is 9.94. The molecule has 4 heterocycles. The fourth-order valence-electron chi connectivity index (χ4n) is 3.76. The average molecular weight is 400 g/mol. The van der Waals surface area contributed by atoms with Crippen molar-refractivity contribution in [3.05, 3.63) is 41.5 Å². The molecule has 0 aromatic carbocycles. The van der Waals surface area contributed by atoms with Crippen molar-refractivity contribution in [3.8, 4) is 11.3 Å². The number of hydrogen-bond donors (Lipinski definition) is 1. The number of nitrogens with zero attached hydrogens (tertiary/aromatic N) is 4. The smallest absolute Gasteiger partial charge is 0.248 e. The summed E-state index contributed by atoms with van der Waals surface area (Å²) in [5.74, 6) is -2.67. The van der Waals surface area contributed by atoms with Crippen molar-refractivity contribution >= 4 is 32.6 Å². The number of halogens is 2. The number of rotatable bonds is 2. The van der Waals surface area contributed by atoms with Gasteiger partial charge in [0.05, 0.1) is 11.3 Å². The van der Waals surface area contributed by atoms with Crippen molar-refractivity contribution < 1.29 is 13.9 Å². The van der Waals surface area contributed by atoms with Gasteiger partial charge in [-0.1, -0.05) is 0 Å². The van der Waals surface area contributed by atoms with Crippen LogP contribution in [0, 0.1) is 0 Å². The molecular weight excluding hydrogens is 382 g/mol. The van der Waals surface area contributed by atoms with Crippen LogP contribution in [0.3, 0.4) is 0 Å². The van der Waals surface area contributed by atoms with E-state index in [1.165, 1.54) is 11.3 Å². The summed E-state index contributed by atoms with van der Waals surface area (Å²) in [5.41, 5.74) is 1.15. The minimum Gasteiger partial charge on any atom is -0.384 e. The van der Waals surface area contributed by atoms with Crippen molar-refractivity contribution in [2.45, 2.75) is 37.2 Å². The Balaban J connectivity index is 1.51. The van der Waals surface area contributed by atoms with E-state index in [9.17, 15) is 13.9 Å². The summed E-state index contributed by atoms with van der Waals surface area (Å²) in [6, 6.07) is 7.74. The molecule has 5 rings (SSSR count). The van der Waals surface area contributed by atoms with Crippen molar-refractivity contribution in [2.75, 3.05) is 0 Å². The predicted octanol–water partition coefficient (Wildman–Crippen LogP) is 4.64. The Morgan fingerprint density at radius 3 is 2.68 bits per heavy atom. The molecule has 0 saturated heterocycles. The van der Waals surface area contributed by atoms with Crippen LogP contribution in [0.15, 0.2) is 36.7 Å². The number of aryl methyl sites for hydroxylation is 1. The van der Waals surface area contributed by atoms with Crippen molar-refractivity contribution in [2.24, 2.45) is 7.05 Å². The lowest BCUT2D eigenvalue weighted by Crippen LogP contribution is -2.35. The fourth-order valence-corrected chi connectivity index (χ4v) is 4.93. The van der Waals surface area contributed by atoms with E-state index in [1.807, 2.05) is 37.5 Å². The van der Waals surface area contributed by atoms with Gasteiger partial charge in [-0.15, -0.1) is 11.3 Å². The molecule has 0 spiro atoms. The van der Waals surface area contributed by atoms with Crippen LogP contribution in [0.4, 0.5) is 8.78 Å². The van der Waals surface area contributed by atoms with Crippen LogP contribution >= 0.6 is 11.3 Å². The standard InChI is InChI=1S/C20H18F2N4OS/c1-26-11-14-8-13(10-23-17(14)25-26)15-3-2-12-9-16(28-18(12)24-15)19(27)4-6-20(21,22)7-5-19/h2-3,8-11,27H,4-7H2,1H3. The van der Waals surface area contributed by atoms with Crippen LogP contribution in [0.1, 0.15) is 30.6 Å². The molecule has 1 fully saturated rings. The summed E-state index contributed by atoms with van der Waals surface area (Å²) < 4.78 is 28.7. The lowest BCUT2D eigenvalue weighted by molar-refractivity contribution is -0.105. The molecular formula is C20H18F2N4OS. The zero-order valence-electron chi connectivity index (χ0n) is 15.2. The van der Waals surface area contributed by atoms with Gasteiger partial charge >= 0.3 is 0 Å². The van der Waals surface area contributed by atoms with Crippen molar-refractivity contribution in [1.29, 1.82) is 0 Å². The van der Waals surface area contributed by atoms with Gasteiger partial charge in [-0.3, -0.25) is 4.68 Å². The Bertz CT molecular complexity index is 1190. The van der Waals surface area contributed by atoms with Gasteiger partial charge in [0.2, 0.25) is 5.92 Å². The Hall–Kier alpha value is -2.45. The molecule has 4 aromatic heterocycles. The van der Waals surface area contributed by atoms with E-state index in [0.29, 0.717) is 10.5 Å². The van der Waals surface area contributed by atoms with E-state index in [2.05, 4.69) is 10.1 Å².